The summed E-state index contributed by atoms with van der Waals surface area (Å²) in [6.45, 7) is 0.538. The molecule has 31 heavy (non-hydrogen) atoms. The standard InChI is InChI=1S/C20H15ClF3N5O2/c21-14-8-16-12(7-13(14)20(22,23)24)10-5-6-29(9-17(10)25-16)31-19(30)26-18-11-3-1-2-4-15(11)27-28-18/h1-4,7-8,25H,5-6,9H2,(H2,26,27,28,30). The quantitative estimate of drug-likeness (QED) is 0.391. The zero-order chi connectivity index (χ0) is 21.8. The summed E-state index contributed by atoms with van der Waals surface area (Å²) in [5.41, 5.74) is 1.85. The first-order chi connectivity index (χ1) is 14.8. The summed E-state index contributed by atoms with van der Waals surface area (Å²) in [4.78, 5) is 20.8. The van der Waals surface area contributed by atoms with Crippen molar-refractivity contribution in [3.63, 3.8) is 0 Å². The number of para-hydroxylation sites is 1. The molecule has 3 heterocycles. The molecule has 0 fully saturated rings. The summed E-state index contributed by atoms with van der Waals surface area (Å²) in [7, 11) is 0. The molecule has 0 saturated carbocycles. The third-order valence-electron chi connectivity index (χ3n) is 5.24. The van der Waals surface area contributed by atoms with Crippen molar-refractivity contribution in [3.05, 3.63) is 58.2 Å². The lowest BCUT2D eigenvalue weighted by Gasteiger charge is -2.25. The van der Waals surface area contributed by atoms with Gasteiger partial charge in [-0.25, -0.2) is 4.79 Å². The number of benzene rings is 2. The van der Waals surface area contributed by atoms with Crippen molar-refractivity contribution in [3.8, 4) is 0 Å². The van der Waals surface area contributed by atoms with Gasteiger partial charge in [0.25, 0.3) is 0 Å². The number of hydrogen-bond donors (Lipinski definition) is 3. The number of hydrogen-bond acceptors (Lipinski definition) is 4. The molecule has 1 aliphatic rings. The van der Waals surface area contributed by atoms with Crippen LogP contribution in [0.4, 0.5) is 23.8 Å². The van der Waals surface area contributed by atoms with Crippen LogP contribution in [0.15, 0.2) is 36.4 Å². The Morgan fingerprint density at radius 3 is 2.81 bits per heavy atom. The molecule has 11 heteroatoms. The molecule has 0 aliphatic carbocycles. The van der Waals surface area contributed by atoms with Crippen LogP contribution in [0.25, 0.3) is 21.8 Å². The number of nitrogens with one attached hydrogen (secondary N) is 3. The van der Waals surface area contributed by atoms with E-state index in [9.17, 15) is 18.0 Å². The first kappa shape index (κ1) is 19.7. The fraction of sp³-hybridized carbons (Fsp3) is 0.200. The molecule has 0 unspecified atom stereocenters. The Hall–Kier alpha value is -3.24. The first-order valence-corrected chi connectivity index (χ1v) is 9.74. The number of H-pyrrole nitrogens is 2. The van der Waals surface area contributed by atoms with Crippen LogP contribution in [-0.2, 0) is 24.0 Å². The largest absolute Gasteiger partial charge is 0.432 e. The molecular formula is C20H15ClF3N5O2. The third-order valence-corrected chi connectivity index (χ3v) is 5.55. The third kappa shape index (κ3) is 3.57. The maximum absolute atomic E-state index is 13.2. The van der Waals surface area contributed by atoms with Crippen LogP contribution < -0.4 is 5.32 Å². The number of carbonyl (C=O) groups is 1. The van der Waals surface area contributed by atoms with Crippen molar-refractivity contribution in [2.45, 2.75) is 19.1 Å². The van der Waals surface area contributed by atoms with Crippen LogP contribution in [-0.4, -0.2) is 32.9 Å². The van der Waals surface area contributed by atoms with E-state index >= 15 is 0 Å². The fourth-order valence-electron chi connectivity index (χ4n) is 3.83. The maximum atomic E-state index is 13.2. The molecule has 160 valence electrons. The zero-order valence-corrected chi connectivity index (χ0v) is 16.6. The molecule has 0 saturated heterocycles. The molecule has 3 N–H and O–H groups in total. The van der Waals surface area contributed by atoms with Gasteiger partial charge < -0.3 is 9.82 Å². The molecule has 2 aromatic heterocycles. The number of anilines is 1. The number of aromatic nitrogens is 3. The Labute approximate surface area is 178 Å². The van der Waals surface area contributed by atoms with Gasteiger partial charge in [0.2, 0.25) is 0 Å². The summed E-state index contributed by atoms with van der Waals surface area (Å²) < 4.78 is 39.6. The van der Waals surface area contributed by atoms with Crippen LogP contribution in [0.1, 0.15) is 16.8 Å². The Kier molecular flexibility index (Phi) is 4.56. The van der Waals surface area contributed by atoms with Crippen LogP contribution in [0.5, 0.6) is 0 Å². The van der Waals surface area contributed by atoms with Crippen molar-refractivity contribution >= 4 is 45.3 Å². The number of hydroxylamine groups is 2. The predicted octanol–water partition coefficient (Wildman–Crippen LogP) is 5.24. The minimum absolute atomic E-state index is 0.206. The molecule has 0 radical (unpaired) electrons. The minimum Gasteiger partial charge on any atom is -0.357 e. The molecule has 7 nitrogen and oxygen atoms in total. The second kappa shape index (κ2) is 7.17. The molecule has 0 atom stereocenters. The summed E-state index contributed by atoms with van der Waals surface area (Å²) in [6.07, 6.45) is -4.83. The van der Waals surface area contributed by atoms with Crippen LogP contribution in [0, 0.1) is 0 Å². The summed E-state index contributed by atoms with van der Waals surface area (Å²) in [5, 5.41) is 11.8. The Morgan fingerprint density at radius 2 is 2.00 bits per heavy atom. The lowest BCUT2D eigenvalue weighted by molar-refractivity contribution is -0.137. The highest BCUT2D eigenvalue weighted by molar-refractivity contribution is 6.32. The van der Waals surface area contributed by atoms with E-state index in [1.807, 2.05) is 24.3 Å². The van der Waals surface area contributed by atoms with Gasteiger partial charge in [-0.05, 0) is 36.2 Å². The number of fused-ring (bicyclic) bond motifs is 4. The zero-order valence-electron chi connectivity index (χ0n) is 15.8. The van der Waals surface area contributed by atoms with Gasteiger partial charge in [0.1, 0.15) is 0 Å². The van der Waals surface area contributed by atoms with Gasteiger partial charge in [-0.15, -0.1) is 5.06 Å². The highest BCUT2D eigenvalue weighted by Crippen LogP contribution is 2.39. The van der Waals surface area contributed by atoms with E-state index < -0.39 is 17.8 Å². The van der Waals surface area contributed by atoms with Crippen molar-refractivity contribution in [1.82, 2.24) is 20.2 Å². The Balaban J connectivity index is 1.33. The van der Waals surface area contributed by atoms with Gasteiger partial charge in [0, 0.05) is 28.5 Å². The van der Waals surface area contributed by atoms with E-state index in [4.69, 9.17) is 16.4 Å². The van der Waals surface area contributed by atoms with E-state index in [0.29, 0.717) is 35.4 Å². The SMILES string of the molecule is O=C(Nc1n[nH]c2ccccc12)ON1CCc2c([nH]c3cc(Cl)c(C(F)(F)F)cc23)C1. The molecular weight excluding hydrogens is 435 g/mol. The smallest absolute Gasteiger partial charge is 0.357 e. The Bertz CT molecular complexity index is 1310. The Morgan fingerprint density at radius 1 is 1.19 bits per heavy atom. The van der Waals surface area contributed by atoms with Crippen LogP contribution in [0.3, 0.4) is 0 Å². The highest BCUT2D eigenvalue weighted by Gasteiger charge is 2.34. The number of rotatable bonds is 2. The second-order valence-corrected chi connectivity index (χ2v) is 7.60. The van der Waals surface area contributed by atoms with Gasteiger partial charge in [-0.2, -0.15) is 18.3 Å². The number of nitrogens with zero attached hydrogens (tertiary/aromatic N) is 2. The predicted molar refractivity (Wildman–Crippen MR) is 109 cm³/mol. The van der Waals surface area contributed by atoms with Gasteiger partial charge in [0.05, 0.1) is 22.6 Å². The van der Waals surface area contributed by atoms with E-state index in [0.717, 1.165) is 22.5 Å². The van der Waals surface area contributed by atoms with Gasteiger partial charge >= 0.3 is 12.3 Å². The molecule has 4 aromatic rings. The lowest BCUT2D eigenvalue weighted by atomic mass is 10.0. The maximum Gasteiger partial charge on any atom is 0.432 e. The number of aromatic amines is 2. The molecule has 2 aromatic carbocycles. The van der Waals surface area contributed by atoms with Crippen LogP contribution >= 0.6 is 11.6 Å². The van der Waals surface area contributed by atoms with Crippen molar-refractivity contribution in [2.24, 2.45) is 0 Å². The summed E-state index contributed by atoms with van der Waals surface area (Å²) in [5.74, 6) is 0.346. The monoisotopic (exact) mass is 449 g/mol. The van der Waals surface area contributed by atoms with E-state index in [1.165, 1.54) is 11.1 Å². The van der Waals surface area contributed by atoms with Crippen molar-refractivity contribution in [1.29, 1.82) is 0 Å². The summed E-state index contributed by atoms with van der Waals surface area (Å²) in [6, 6.07) is 9.66. The van der Waals surface area contributed by atoms with Crippen LogP contribution in [0.2, 0.25) is 5.02 Å². The first-order valence-electron chi connectivity index (χ1n) is 9.37. The van der Waals surface area contributed by atoms with Gasteiger partial charge in [-0.1, -0.05) is 23.7 Å². The van der Waals surface area contributed by atoms with E-state index in [2.05, 4.69) is 20.5 Å². The molecule has 5 rings (SSSR count). The number of alkyl halides is 3. The highest BCUT2D eigenvalue weighted by atomic mass is 35.5. The van der Waals surface area contributed by atoms with Crippen molar-refractivity contribution < 1.29 is 22.8 Å². The number of halogens is 4. The molecule has 0 spiro atoms. The van der Waals surface area contributed by atoms with Gasteiger partial charge in [0.15, 0.2) is 5.82 Å². The van der Waals surface area contributed by atoms with Gasteiger partial charge in [-0.3, -0.25) is 10.4 Å². The lowest BCUT2D eigenvalue weighted by Crippen LogP contribution is -2.34. The normalized spacial score (nSPS) is 14.7. The fourth-order valence-corrected chi connectivity index (χ4v) is 4.10. The van der Waals surface area contributed by atoms with E-state index in [-0.39, 0.29) is 11.6 Å². The average molecular weight is 450 g/mol. The average Bonchev–Trinajstić information content (AvgIpc) is 3.27. The van der Waals surface area contributed by atoms with E-state index in [1.54, 1.807) is 0 Å². The molecule has 1 aliphatic heterocycles. The topological polar surface area (TPSA) is 86.0 Å². The number of carbonyl (C=O) groups excluding carboxylic acids is 1. The minimum atomic E-state index is -4.53. The molecule has 1 amide bonds. The number of amides is 1. The summed E-state index contributed by atoms with van der Waals surface area (Å²) >= 11 is 5.82. The second-order valence-electron chi connectivity index (χ2n) is 7.19. The van der Waals surface area contributed by atoms with Crippen molar-refractivity contribution in [2.75, 3.05) is 11.9 Å². The molecule has 0 bridgehead atoms.